The van der Waals surface area contributed by atoms with E-state index in [9.17, 15) is 0 Å². The zero-order chi connectivity index (χ0) is 9.80. The summed E-state index contributed by atoms with van der Waals surface area (Å²) in [6.45, 7) is -0.0278. The molecule has 14 heavy (non-hydrogen) atoms. The van der Waals surface area contributed by atoms with Gasteiger partial charge in [-0.1, -0.05) is 6.07 Å². The van der Waals surface area contributed by atoms with Crippen LogP contribution in [0.5, 0.6) is 0 Å². The summed E-state index contributed by atoms with van der Waals surface area (Å²) in [5.74, 6) is 0. The smallest absolute Gasteiger partial charge is 0.116 e. The molecule has 0 radical (unpaired) electrons. The van der Waals surface area contributed by atoms with Crippen LogP contribution in [0.3, 0.4) is 0 Å². The van der Waals surface area contributed by atoms with Crippen molar-refractivity contribution in [1.29, 1.82) is 0 Å². The molecule has 2 rings (SSSR count). The Kier molecular flexibility index (Phi) is 2.86. The minimum atomic E-state index is -0.0278. The van der Waals surface area contributed by atoms with E-state index in [-0.39, 0.29) is 6.61 Å². The molecular weight excluding hydrogens is 196 g/mol. The topological polar surface area (TPSA) is 46.0 Å². The van der Waals surface area contributed by atoms with E-state index in [0.717, 1.165) is 12.1 Å². The third kappa shape index (κ3) is 2.16. The van der Waals surface area contributed by atoms with Crippen molar-refractivity contribution < 1.29 is 5.11 Å². The molecule has 2 aromatic rings. The molecule has 0 fully saturated rings. The van der Waals surface area contributed by atoms with Crippen LogP contribution in [-0.4, -0.2) is 15.1 Å². The monoisotopic (exact) mass is 206 g/mol. The first kappa shape index (κ1) is 9.30. The van der Waals surface area contributed by atoms with Crippen molar-refractivity contribution >= 4 is 11.3 Å². The van der Waals surface area contributed by atoms with Crippen LogP contribution in [0.2, 0.25) is 0 Å². The van der Waals surface area contributed by atoms with Crippen molar-refractivity contribution in [2.45, 2.75) is 13.0 Å². The maximum Gasteiger partial charge on any atom is 0.116 e. The Morgan fingerprint density at radius 2 is 2.14 bits per heavy atom. The zero-order valence-corrected chi connectivity index (χ0v) is 8.37. The second kappa shape index (κ2) is 4.30. The third-order valence-electron chi connectivity index (χ3n) is 1.88. The molecule has 0 saturated heterocycles. The van der Waals surface area contributed by atoms with E-state index in [2.05, 4.69) is 16.0 Å². The van der Waals surface area contributed by atoms with Gasteiger partial charge in [-0.15, -0.1) is 11.3 Å². The minimum Gasteiger partial charge on any atom is -0.390 e. The fourth-order valence-electron chi connectivity index (χ4n) is 1.22. The molecule has 0 saturated carbocycles. The van der Waals surface area contributed by atoms with Gasteiger partial charge >= 0.3 is 0 Å². The Bertz CT molecular complexity index is 400. The minimum absolute atomic E-state index is 0.0278. The number of aliphatic hydroxyl groups is 1. The predicted molar refractivity (Wildman–Crippen MR) is 55.1 cm³/mol. The molecule has 0 aliphatic carbocycles. The van der Waals surface area contributed by atoms with Crippen molar-refractivity contribution in [1.82, 2.24) is 9.97 Å². The van der Waals surface area contributed by atoms with E-state index >= 15 is 0 Å². The van der Waals surface area contributed by atoms with Gasteiger partial charge in [-0.2, -0.15) is 0 Å². The Balaban J connectivity index is 2.17. The van der Waals surface area contributed by atoms with Crippen LogP contribution < -0.4 is 0 Å². The van der Waals surface area contributed by atoms with Gasteiger partial charge in [0.2, 0.25) is 0 Å². The third-order valence-corrected chi connectivity index (χ3v) is 2.75. The van der Waals surface area contributed by atoms with E-state index in [1.807, 2.05) is 17.5 Å². The lowest BCUT2D eigenvalue weighted by Crippen LogP contribution is -1.95. The van der Waals surface area contributed by atoms with E-state index in [1.165, 1.54) is 11.2 Å². The first-order chi connectivity index (χ1) is 6.88. The SMILES string of the molecule is OCc1cc(Cc2cccs2)ncn1. The van der Waals surface area contributed by atoms with Gasteiger partial charge in [0.15, 0.2) is 0 Å². The highest BCUT2D eigenvalue weighted by atomic mass is 32.1. The Hall–Kier alpha value is -1.26. The highest BCUT2D eigenvalue weighted by molar-refractivity contribution is 7.09. The quantitative estimate of drug-likeness (QED) is 0.830. The van der Waals surface area contributed by atoms with E-state index < -0.39 is 0 Å². The Labute approximate surface area is 86.1 Å². The van der Waals surface area contributed by atoms with Gasteiger partial charge in [0.05, 0.1) is 12.3 Å². The maximum atomic E-state index is 8.90. The summed E-state index contributed by atoms with van der Waals surface area (Å²) >= 11 is 1.71. The van der Waals surface area contributed by atoms with Crippen LogP contribution in [0.25, 0.3) is 0 Å². The van der Waals surface area contributed by atoms with Crippen LogP contribution in [0.1, 0.15) is 16.3 Å². The average molecular weight is 206 g/mol. The largest absolute Gasteiger partial charge is 0.390 e. The second-order valence-corrected chi connectivity index (χ2v) is 3.95. The van der Waals surface area contributed by atoms with Gasteiger partial charge in [0.1, 0.15) is 6.33 Å². The number of hydrogen-bond donors (Lipinski definition) is 1. The van der Waals surface area contributed by atoms with Crippen LogP contribution in [0.4, 0.5) is 0 Å². The lowest BCUT2D eigenvalue weighted by Gasteiger charge is -1.99. The Morgan fingerprint density at radius 3 is 2.86 bits per heavy atom. The molecule has 4 heteroatoms. The summed E-state index contributed by atoms with van der Waals surface area (Å²) < 4.78 is 0. The summed E-state index contributed by atoms with van der Waals surface area (Å²) in [7, 11) is 0. The van der Waals surface area contributed by atoms with Crippen molar-refractivity contribution in [2.24, 2.45) is 0 Å². The van der Waals surface area contributed by atoms with Gasteiger partial charge in [-0.05, 0) is 17.5 Å². The normalized spacial score (nSPS) is 10.4. The van der Waals surface area contributed by atoms with Gasteiger partial charge < -0.3 is 5.11 Å². The molecule has 0 atom stereocenters. The molecule has 0 amide bonds. The average Bonchev–Trinajstić information content (AvgIpc) is 2.71. The lowest BCUT2D eigenvalue weighted by molar-refractivity contribution is 0.276. The number of aromatic nitrogens is 2. The summed E-state index contributed by atoms with van der Waals surface area (Å²) in [5.41, 5.74) is 1.62. The predicted octanol–water partition coefficient (Wildman–Crippen LogP) is 1.62. The molecule has 0 aromatic carbocycles. The molecule has 0 bridgehead atoms. The van der Waals surface area contributed by atoms with Crippen LogP contribution in [0, 0.1) is 0 Å². The maximum absolute atomic E-state index is 8.90. The molecule has 0 unspecified atom stereocenters. The number of thiophene rings is 1. The molecular formula is C10H10N2OS. The fraction of sp³-hybridized carbons (Fsp3) is 0.200. The fourth-order valence-corrected chi connectivity index (χ4v) is 1.94. The van der Waals surface area contributed by atoms with Gasteiger partial charge in [-0.3, -0.25) is 0 Å². The van der Waals surface area contributed by atoms with Gasteiger partial charge in [0, 0.05) is 17.0 Å². The molecule has 0 aliphatic rings. The van der Waals surface area contributed by atoms with Crippen molar-refractivity contribution in [2.75, 3.05) is 0 Å². The van der Waals surface area contributed by atoms with E-state index in [0.29, 0.717) is 5.69 Å². The molecule has 3 nitrogen and oxygen atoms in total. The van der Waals surface area contributed by atoms with Crippen molar-refractivity contribution in [3.05, 3.63) is 46.2 Å². The van der Waals surface area contributed by atoms with E-state index in [1.54, 1.807) is 11.3 Å². The first-order valence-electron chi connectivity index (χ1n) is 4.31. The standard InChI is InChI=1S/C10H10N2OS/c13-6-9-4-8(11-7-12-9)5-10-2-1-3-14-10/h1-4,7,13H,5-6H2. The van der Waals surface area contributed by atoms with Crippen LogP contribution in [0.15, 0.2) is 29.9 Å². The van der Waals surface area contributed by atoms with Crippen LogP contribution in [-0.2, 0) is 13.0 Å². The lowest BCUT2D eigenvalue weighted by atomic mass is 10.2. The second-order valence-electron chi connectivity index (χ2n) is 2.91. The first-order valence-corrected chi connectivity index (χ1v) is 5.19. The zero-order valence-electron chi connectivity index (χ0n) is 7.55. The number of rotatable bonds is 3. The van der Waals surface area contributed by atoms with Crippen molar-refractivity contribution in [3.8, 4) is 0 Å². The molecule has 0 aliphatic heterocycles. The molecule has 2 aromatic heterocycles. The van der Waals surface area contributed by atoms with Gasteiger partial charge in [-0.25, -0.2) is 9.97 Å². The summed E-state index contributed by atoms with van der Waals surface area (Å²) in [4.78, 5) is 9.35. The molecule has 72 valence electrons. The van der Waals surface area contributed by atoms with Crippen LogP contribution >= 0.6 is 11.3 Å². The number of aliphatic hydroxyl groups excluding tert-OH is 1. The molecule has 0 spiro atoms. The summed E-state index contributed by atoms with van der Waals surface area (Å²) in [5, 5.41) is 10.9. The van der Waals surface area contributed by atoms with E-state index in [4.69, 9.17) is 5.11 Å². The highest BCUT2D eigenvalue weighted by Gasteiger charge is 2.00. The molecule has 2 heterocycles. The summed E-state index contributed by atoms with van der Waals surface area (Å²) in [6, 6.07) is 5.93. The Morgan fingerprint density at radius 1 is 1.29 bits per heavy atom. The highest BCUT2D eigenvalue weighted by Crippen LogP contribution is 2.13. The molecule has 1 N–H and O–H groups in total. The number of hydrogen-bond acceptors (Lipinski definition) is 4. The summed E-state index contributed by atoms with van der Waals surface area (Å²) in [6.07, 6.45) is 2.31. The van der Waals surface area contributed by atoms with Crippen molar-refractivity contribution in [3.63, 3.8) is 0 Å². The number of nitrogens with zero attached hydrogens (tertiary/aromatic N) is 2. The van der Waals surface area contributed by atoms with Gasteiger partial charge in [0.25, 0.3) is 0 Å².